The second-order valence-electron chi connectivity index (χ2n) is 6.17. The molecule has 0 aromatic heterocycles. The zero-order valence-corrected chi connectivity index (χ0v) is 16.5. The summed E-state index contributed by atoms with van der Waals surface area (Å²) in [4.78, 5) is 12.1. The molecule has 31 heavy (non-hydrogen) atoms. The van der Waals surface area contributed by atoms with Gasteiger partial charge in [0.25, 0.3) is 5.91 Å². The van der Waals surface area contributed by atoms with Crippen molar-refractivity contribution in [2.24, 2.45) is 0 Å². The van der Waals surface area contributed by atoms with E-state index in [0.717, 1.165) is 6.07 Å². The largest absolute Gasteiger partial charge is 0.573 e. The summed E-state index contributed by atoms with van der Waals surface area (Å²) in [6, 6.07) is 17.3. The third kappa shape index (κ3) is 6.68. The van der Waals surface area contributed by atoms with Crippen LogP contribution in [0.1, 0.15) is 10.4 Å². The third-order valence-corrected chi connectivity index (χ3v) is 4.05. The number of amides is 1. The van der Waals surface area contributed by atoms with Crippen LogP contribution in [0.3, 0.4) is 0 Å². The Balaban J connectivity index is 1.57. The van der Waals surface area contributed by atoms with Crippen LogP contribution in [0.15, 0.2) is 72.8 Å². The van der Waals surface area contributed by atoms with Crippen molar-refractivity contribution in [2.75, 3.05) is 16.0 Å². The van der Waals surface area contributed by atoms with Crippen molar-refractivity contribution in [1.82, 2.24) is 0 Å². The Labute approximate surface area is 180 Å². The van der Waals surface area contributed by atoms with E-state index in [1.165, 1.54) is 36.4 Å². The van der Waals surface area contributed by atoms with Gasteiger partial charge in [0.05, 0.1) is 5.56 Å². The number of ether oxygens (including phenoxy) is 1. The molecule has 3 rings (SSSR count). The van der Waals surface area contributed by atoms with Gasteiger partial charge in [-0.15, -0.1) is 13.2 Å². The summed E-state index contributed by atoms with van der Waals surface area (Å²) in [5.74, 6) is -1.59. The van der Waals surface area contributed by atoms with Gasteiger partial charge in [-0.25, -0.2) is 4.39 Å². The molecule has 10 heteroatoms. The number of hydrogen-bond donors (Lipinski definition) is 3. The van der Waals surface area contributed by atoms with Crippen LogP contribution in [0.25, 0.3) is 0 Å². The first kappa shape index (κ1) is 22.0. The predicted molar refractivity (Wildman–Crippen MR) is 114 cm³/mol. The third-order valence-electron chi connectivity index (χ3n) is 3.84. The molecule has 0 spiro atoms. The van der Waals surface area contributed by atoms with E-state index in [1.807, 2.05) is 0 Å². The summed E-state index contributed by atoms with van der Waals surface area (Å²) in [5, 5.41) is 8.33. The van der Waals surface area contributed by atoms with Gasteiger partial charge in [-0.05, 0) is 60.7 Å². The lowest BCUT2D eigenvalue weighted by molar-refractivity contribution is -0.274. The Morgan fingerprint density at radius 3 is 2.06 bits per heavy atom. The highest BCUT2D eigenvalue weighted by molar-refractivity contribution is 7.80. The molecule has 0 aliphatic carbocycles. The first-order valence-corrected chi connectivity index (χ1v) is 9.20. The Hall–Kier alpha value is -3.66. The lowest BCUT2D eigenvalue weighted by Crippen LogP contribution is -2.20. The zero-order chi connectivity index (χ0) is 22.4. The molecule has 0 fully saturated rings. The number of anilines is 3. The van der Waals surface area contributed by atoms with Gasteiger partial charge in [0.2, 0.25) is 0 Å². The monoisotopic (exact) mass is 449 g/mol. The lowest BCUT2D eigenvalue weighted by Gasteiger charge is -2.13. The minimum atomic E-state index is -4.79. The highest BCUT2D eigenvalue weighted by Gasteiger charge is 2.31. The molecule has 160 valence electrons. The molecule has 5 nitrogen and oxygen atoms in total. The zero-order valence-electron chi connectivity index (χ0n) is 15.7. The SMILES string of the molecule is O=C(Nc1ccc(NC(=S)Nc2cccc(OC(F)(F)F)c2)cc1)c1ccccc1F. The van der Waals surface area contributed by atoms with Gasteiger partial charge in [-0.3, -0.25) is 4.79 Å². The summed E-state index contributed by atoms with van der Waals surface area (Å²) >= 11 is 5.16. The lowest BCUT2D eigenvalue weighted by atomic mass is 10.2. The van der Waals surface area contributed by atoms with Crippen LogP contribution in [0.5, 0.6) is 5.75 Å². The molecule has 0 unspecified atom stereocenters. The average molecular weight is 449 g/mol. The number of carbonyl (C=O) groups excluding carboxylic acids is 1. The summed E-state index contributed by atoms with van der Waals surface area (Å²) in [7, 11) is 0. The Morgan fingerprint density at radius 1 is 0.806 bits per heavy atom. The van der Waals surface area contributed by atoms with E-state index in [4.69, 9.17) is 12.2 Å². The minimum Gasteiger partial charge on any atom is -0.406 e. The van der Waals surface area contributed by atoms with Gasteiger partial charge in [-0.1, -0.05) is 18.2 Å². The molecular formula is C21H15F4N3O2S. The molecular weight excluding hydrogens is 434 g/mol. The number of benzene rings is 3. The van der Waals surface area contributed by atoms with Crippen LogP contribution in [0.4, 0.5) is 34.6 Å². The fourth-order valence-corrected chi connectivity index (χ4v) is 2.78. The first-order chi connectivity index (χ1) is 14.7. The van der Waals surface area contributed by atoms with Crippen molar-refractivity contribution in [3.8, 4) is 5.75 Å². The van der Waals surface area contributed by atoms with Gasteiger partial charge in [-0.2, -0.15) is 0 Å². The van der Waals surface area contributed by atoms with E-state index in [1.54, 1.807) is 30.3 Å². The van der Waals surface area contributed by atoms with E-state index in [2.05, 4.69) is 20.7 Å². The maximum Gasteiger partial charge on any atom is 0.573 e. The maximum atomic E-state index is 13.7. The smallest absolute Gasteiger partial charge is 0.406 e. The van der Waals surface area contributed by atoms with E-state index < -0.39 is 18.1 Å². The second kappa shape index (κ2) is 9.43. The first-order valence-electron chi connectivity index (χ1n) is 8.79. The van der Waals surface area contributed by atoms with Gasteiger partial charge >= 0.3 is 6.36 Å². The van der Waals surface area contributed by atoms with Crippen LogP contribution in [-0.4, -0.2) is 17.4 Å². The molecule has 0 heterocycles. The number of thiocarbonyl (C=S) groups is 1. The number of hydrogen-bond acceptors (Lipinski definition) is 3. The van der Waals surface area contributed by atoms with Crippen LogP contribution in [0, 0.1) is 5.82 Å². The minimum absolute atomic E-state index is 0.0770. The molecule has 0 saturated heterocycles. The Bertz CT molecular complexity index is 1090. The second-order valence-corrected chi connectivity index (χ2v) is 6.57. The summed E-state index contributed by atoms with van der Waals surface area (Å²) in [5.41, 5.74) is 1.22. The van der Waals surface area contributed by atoms with E-state index in [-0.39, 0.29) is 16.4 Å². The molecule has 0 aliphatic rings. The van der Waals surface area contributed by atoms with E-state index >= 15 is 0 Å². The van der Waals surface area contributed by atoms with Crippen molar-refractivity contribution in [1.29, 1.82) is 0 Å². The highest BCUT2D eigenvalue weighted by Crippen LogP contribution is 2.25. The maximum absolute atomic E-state index is 13.7. The molecule has 3 aromatic rings. The van der Waals surface area contributed by atoms with Crippen molar-refractivity contribution in [3.63, 3.8) is 0 Å². The fourth-order valence-electron chi connectivity index (χ4n) is 2.55. The van der Waals surface area contributed by atoms with E-state index in [9.17, 15) is 22.4 Å². The number of nitrogens with one attached hydrogen (secondary N) is 3. The molecule has 0 bridgehead atoms. The topological polar surface area (TPSA) is 62.4 Å². The standard InChI is InChI=1S/C21H15F4N3O2S/c22-18-7-2-1-6-17(18)19(29)26-13-8-10-14(11-9-13)27-20(31)28-15-4-3-5-16(12-15)30-21(23,24)25/h1-12H,(H,26,29)(H2,27,28,31). The number of alkyl halides is 3. The quantitative estimate of drug-likeness (QED) is 0.340. The van der Waals surface area contributed by atoms with Crippen molar-refractivity contribution in [3.05, 3.63) is 84.2 Å². The molecule has 0 radical (unpaired) electrons. The van der Waals surface area contributed by atoms with Crippen LogP contribution < -0.4 is 20.7 Å². The van der Waals surface area contributed by atoms with Gasteiger partial charge in [0.15, 0.2) is 5.11 Å². The molecule has 3 aromatic carbocycles. The highest BCUT2D eigenvalue weighted by atomic mass is 32.1. The van der Waals surface area contributed by atoms with Crippen LogP contribution in [0.2, 0.25) is 0 Å². The summed E-state index contributed by atoms with van der Waals surface area (Å²) < 4.78 is 54.5. The van der Waals surface area contributed by atoms with Crippen molar-refractivity contribution >= 4 is 40.3 Å². The van der Waals surface area contributed by atoms with Crippen LogP contribution in [-0.2, 0) is 0 Å². The number of halogens is 4. The Kier molecular flexibility index (Phi) is 6.71. The molecule has 0 aliphatic heterocycles. The molecule has 0 atom stereocenters. The van der Waals surface area contributed by atoms with Crippen molar-refractivity contribution in [2.45, 2.75) is 6.36 Å². The number of rotatable bonds is 5. The molecule has 1 amide bonds. The van der Waals surface area contributed by atoms with Gasteiger partial charge in [0.1, 0.15) is 11.6 Å². The average Bonchev–Trinajstić information content (AvgIpc) is 2.68. The number of carbonyl (C=O) groups is 1. The predicted octanol–water partition coefficient (Wildman–Crippen LogP) is 5.79. The van der Waals surface area contributed by atoms with Crippen molar-refractivity contribution < 1.29 is 27.1 Å². The normalized spacial score (nSPS) is 10.8. The van der Waals surface area contributed by atoms with Gasteiger partial charge < -0.3 is 20.7 Å². The summed E-state index contributed by atoms with van der Waals surface area (Å²) in [6.07, 6.45) is -4.79. The van der Waals surface area contributed by atoms with Crippen LogP contribution >= 0.6 is 12.2 Å². The van der Waals surface area contributed by atoms with E-state index in [0.29, 0.717) is 17.1 Å². The molecule has 0 saturated carbocycles. The fraction of sp³-hybridized carbons (Fsp3) is 0.0476. The Morgan fingerprint density at radius 2 is 1.42 bits per heavy atom. The molecule has 3 N–H and O–H groups in total. The summed E-state index contributed by atoms with van der Waals surface area (Å²) in [6.45, 7) is 0. The van der Waals surface area contributed by atoms with Gasteiger partial charge in [0, 0.05) is 23.1 Å².